The van der Waals surface area contributed by atoms with E-state index in [0.29, 0.717) is 43.8 Å². The average Bonchev–Trinajstić information content (AvgIpc) is 2.93. The predicted octanol–water partition coefficient (Wildman–Crippen LogP) is 5.16. The number of amides is 2. The van der Waals surface area contributed by atoms with Crippen LogP contribution in [0.4, 0.5) is 0 Å². The smallest absolute Gasteiger partial charge is 0.254 e. The van der Waals surface area contributed by atoms with Crippen molar-refractivity contribution in [3.05, 3.63) is 61.5 Å². The third-order valence-corrected chi connectivity index (χ3v) is 5.13. The lowest BCUT2D eigenvalue weighted by Crippen LogP contribution is -2.19. The third kappa shape index (κ3) is 4.87. The molecule has 0 saturated carbocycles. The molecule has 1 fully saturated rings. The standard InChI is InChI=1S/C20H16BrCl2NO4/c1-2-27-17-7-11(5-13-8-18(25)24-20(13)26)6-15(21)19(17)28-10-12-3-4-14(22)9-16(12)23/h3-7,9H,2,8,10H2,1H3,(H,24,25,26)/b13-5+. The van der Waals surface area contributed by atoms with Crippen LogP contribution >= 0.6 is 39.1 Å². The van der Waals surface area contributed by atoms with Crippen LogP contribution in [0.3, 0.4) is 0 Å². The maximum Gasteiger partial charge on any atom is 0.254 e. The Labute approximate surface area is 180 Å². The molecule has 0 aliphatic carbocycles. The average molecular weight is 485 g/mol. The van der Waals surface area contributed by atoms with Gasteiger partial charge < -0.3 is 9.47 Å². The Bertz CT molecular complexity index is 975. The fourth-order valence-corrected chi connectivity index (χ4v) is 3.72. The lowest BCUT2D eigenvalue weighted by molar-refractivity contribution is -0.124. The quantitative estimate of drug-likeness (QED) is 0.454. The number of hydrogen-bond donors (Lipinski definition) is 1. The molecule has 2 aromatic rings. The van der Waals surface area contributed by atoms with E-state index in [1.54, 1.807) is 36.4 Å². The number of carbonyl (C=O) groups is 2. The summed E-state index contributed by atoms with van der Waals surface area (Å²) in [5.74, 6) is 0.345. The number of rotatable bonds is 6. The van der Waals surface area contributed by atoms with E-state index in [0.717, 1.165) is 5.56 Å². The van der Waals surface area contributed by atoms with Gasteiger partial charge in [-0.15, -0.1) is 0 Å². The first-order valence-corrected chi connectivity index (χ1v) is 10.00. The molecule has 28 heavy (non-hydrogen) atoms. The zero-order valence-corrected chi connectivity index (χ0v) is 18.0. The fraction of sp³-hybridized carbons (Fsp3) is 0.200. The molecule has 146 valence electrons. The summed E-state index contributed by atoms with van der Waals surface area (Å²) in [5.41, 5.74) is 1.90. The summed E-state index contributed by atoms with van der Waals surface area (Å²) in [5, 5.41) is 3.33. The molecule has 0 radical (unpaired) electrons. The van der Waals surface area contributed by atoms with Gasteiger partial charge >= 0.3 is 0 Å². The van der Waals surface area contributed by atoms with Gasteiger partial charge in [-0.05, 0) is 58.8 Å². The summed E-state index contributed by atoms with van der Waals surface area (Å²) in [7, 11) is 0. The zero-order chi connectivity index (χ0) is 20.3. The molecule has 1 heterocycles. The molecule has 0 spiro atoms. The molecule has 8 heteroatoms. The van der Waals surface area contributed by atoms with Crippen LogP contribution in [-0.2, 0) is 16.2 Å². The van der Waals surface area contributed by atoms with E-state index in [9.17, 15) is 9.59 Å². The van der Waals surface area contributed by atoms with Crippen molar-refractivity contribution in [1.29, 1.82) is 0 Å². The molecule has 0 aromatic heterocycles. The van der Waals surface area contributed by atoms with Crippen molar-refractivity contribution in [2.45, 2.75) is 20.0 Å². The second kappa shape index (κ2) is 8.99. The van der Waals surface area contributed by atoms with Crippen molar-refractivity contribution in [2.75, 3.05) is 6.61 Å². The van der Waals surface area contributed by atoms with E-state index in [1.807, 2.05) is 6.92 Å². The highest BCUT2D eigenvalue weighted by Gasteiger charge is 2.24. The van der Waals surface area contributed by atoms with Crippen molar-refractivity contribution in [3.63, 3.8) is 0 Å². The third-order valence-electron chi connectivity index (χ3n) is 3.96. The Balaban J connectivity index is 1.87. The highest BCUT2D eigenvalue weighted by atomic mass is 79.9. The maximum absolute atomic E-state index is 11.8. The van der Waals surface area contributed by atoms with Gasteiger partial charge in [-0.2, -0.15) is 0 Å². The zero-order valence-electron chi connectivity index (χ0n) is 14.9. The highest BCUT2D eigenvalue weighted by molar-refractivity contribution is 9.10. The summed E-state index contributed by atoms with van der Waals surface area (Å²) in [6, 6.07) is 8.76. The van der Waals surface area contributed by atoms with Crippen LogP contribution in [0.25, 0.3) is 6.08 Å². The predicted molar refractivity (Wildman–Crippen MR) is 112 cm³/mol. The van der Waals surface area contributed by atoms with Gasteiger partial charge in [0, 0.05) is 21.2 Å². The van der Waals surface area contributed by atoms with Crippen LogP contribution < -0.4 is 14.8 Å². The summed E-state index contributed by atoms with van der Waals surface area (Å²) < 4.78 is 12.3. The lowest BCUT2D eigenvalue weighted by atomic mass is 10.1. The Kier molecular flexibility index (Phi) is 6.65. The number of nitrogens with one attached hydrogen (secondary N) is 1. The number of imide groups is 1. The van der Waals surface area contributed by atoms with Crippen molar-refractivity contribution < 1.29 is 19.1 Å². The first kappa shape index (κ1) is 20.7. The molecule has 2 aromatic carbocycles. The first-order chi connectivity index (χ1) is 13.4. The molecule has 0 atom stereocenters. The van der Waals surface area contributed by atoms with E-state index < -0.39 is 0 Å². The second-order valence-electron chi connectivity index (χ2n) is 6.01. The summed E-state index contributed by atoms with van der Waals surface area (Å²) in [4.78, 5) is 23.1. The number of carbonyl (C=O) groups excluding carboxylic acids is 2. The molecule has 0 unspecified atom stereocenters. The van der Waals surface area contributed by atoms with Gasteiger partial charge in [0.05, 0.1) is 17.5 Å². The van der Waals surface area contributed by atoms with Crippen molar-refractivity contribution >= 4 is 57.0 Å². The van der Waals surface area contributed by atoms with E-state index >= 15 is 0 Å². The molecule has 1 aliphatic heterocycles. The molecule has 1 aliphatic rings. The normalized spacial score (nSPS) is 15.1. The lowest BCUT2D eigenvalue weighted by Gasteiger charge is -2.15. The molecule has 1 N–H and O–H groups in total. The molecule has 3 rings (SSSR count). The Morgan fingerprint density at radius 2 is 1.96 bits per heavy atom. The van der Waals surface area contributed by atoms with Gasteiger partial charge in [0.15, 0.2) is 11.5 Å². The Morgan fingerprint density at radius 1 is 1.18 bits per heavy atom. The summed E-state index contributed by atoms with van der Waals surface area (Å²) in [6.45, 7) is 2.53. The van der Waals surface area contributed by atoms with Crippen LogP contribution in [0.15, 0.2) is 40.4 Å². The number of halogens is 3. The van der Waals surface area contributed by atoms with Crippen molar-refractivity contribution in [2.24, 2.45) is 0 Å². The molecule has 0 bridgehead atoms. The first-order valence-electron chi connectivity index (χ1n) is 8.45. The van der Waals surface area contributed by atoms with Crippen LogP contribution in [-0.4, -0.2) is 18.4 Å². The van der Waals surface area contributed by atoms with Crippen LogP contribution in [0.1, 0.15) is 24.5 Å². The Morgan fingerprint density at radius 3 is 2.61 bits per heavy atom. The van der Waals surface area contributed by atoms with Gasteiger partial charge in [0.2, 0.25) is 5.91 Å². The molecule has 1 saturated heterocycles. The topological polar surface area (TPSA) is 64.6 Å². The molecular weight excluding hydrogens is 469 g/mol. The summed E-state index contributed by atoms with van der Waals surface area (Å²) >= 11 is 15.6. The Hall–Kier alpha value is -2.02. The largest absolute Gasteiger partial charge is 0.490 e. The summed E-state index contributed by atoms with van der Waals surface area (Å²) in [6.07, 6.45) is 1.72. The SMILES string of the molecule is CCOc1cc(/C=C2\CC(=O)NC2=O)cc(Br)c1OCc1ccc(Cl)cc1Cl. The van der Waals surface area contributed by atoms with Gasteiger partial charge in [-0.25, -0.2) is 0 Å². The highest BCUT2D eigenvalue weighted by Crippen LogP contribution is 2.38. The second-order valence-corrected chi connectivity index (χ2v) is 7.71. The minimum Gasteiger partial charge on any atom is -0.490 e. The fourth-order valence-electron chi connectivity index (χ4n) is 2.69. The maximum atomic E-state index is 11.8. The molecule has 2 amide bonds. The van der Waals surface area contributed by atoms with E-state index in [-0.39, 0.29) is 24.8 Å². The van der Waals surface area contributed by atoms with Crippen LogP contribution in [0.5, 0.6) is 11.5 Å². The number of ether oxygens (including phenoxy) is 2. The monoisotopic (exact) mass is 483 g/mol. The number of benzene rings is 2. The minimum absolute atomic E-state index is 0.0632. The van der Waals surface area contributed by atoms with Crippen molar-refractivity contribution in [3.8, 4) is 11.5 Å². The van der Waals surface area contributed by atoms with Crippen LogP contribution in [0.2, 0.25) is 10.0 Å². The van der Waals surface area contributed by atoms with Gasteiger partial charge in [0.25, 0.3) is 5.91 Å². The van der Waals surface area contributed by atoms with E-state index in [1.165, 1.54) is 0 Å². The molecular formula is C20H16BrCl2NO4. The van der Waals surface area contributed by atoms with Crippen molar-refractivity contribution in [1.82, 2.24) is 5.32 Å². The van der Waals surface area contributed by atoms with E-state index in [4.69, 9.17) is 32.7 Å². The minimum atomic E-state index is -0.378. The van der Waals surface area contributed by atoms with Gasteiger partial charge in [-0.1, -0.05) is 29.3 Å². The van der Waals surface area contributed by atoms with Crippen LogP contribution in [0, 0.1) is 0 Å². The van der Waals surface area contributed by atoms with Gasteiger partial charge in [-0.3, -0.25) is 14.9 Å². The van der Waals surface area contributed by atoms with E-state index in [2.05, 4.69) is 21.2 Å². The molecule has 5 nitrogen and oxygen atoms in total. The number of hydrogen-bond acceptors (Lipinski definition) is 4. The van der Waals surface area contributed by atoms with Gasteiger partial charge in [0.1, 0.15) is 6.61 Å².